The molecule has 20 heavy (non-hydrogen) atoms. The lowest BCUT2D eigenvalue weighted by Gasteiger charge is -2.41. The molecule has 1 atom stereocenters. The zero-order chi connectivity index (χ0) is 14.6. The van der Waals surface area contributed by atoms with Gasteiger partial charge in [0, 0.05) is 39.2 Å². The molecular formula is C14H25N3O3. The Hall–Kier alpha value is -1.11. The molecule has 1 fully saturated rings. The van der Waals surface area contributed by atoms with E-state index in [2.05, 4.69) is 5.10 Å². The van der Waals surface area contributed by atoms with Crippen molar-refractivity contribution in [3.8, 4) is 5.75 Å². The molecule has 2 heterocycles. The predicted octanol–water partition coefficient (Wildman–Crippen LogP) is 1.50. The Morgan fingerprint density at radius 3 is 2.70 bits per heavy atom. The monoisotopic (exact) mass is 283 g/mol. The van der Waals surface area contributed by atoms with Crippen molar-refractivity contribution in [3.05, 3.63) is 11.9 Å². The highest BCUT2D eigenvalue weighted by Gasteiger charge is 2.42. The largest absolute Gasteiger partial charge is 0.493 e. The fraction of sp³-hybridized carbons (Fsp3) is 0.786. The van der Waals surface area contributed by atoms with Crippen molar-refractivity contribution >= 4 is 0 Å². The molecule has 0 aliphatic carbocycles. The minimum Gasteiger partial charge on any atom is -0.493 e. The van der Waals surface area contributed by atoms with E-state index in [0.717, 1.165) is 30.8 Å². The summed E-state index contributed by atoms with van der Waals surface area (Å²) in [4.78, 5) is 0. The Bertz CT molecular complexity index is 400. The van der Waals surface area contributed by atoms with Gasteiger partial charge < -0.3 is 19.9 Å². The second-order valence-corrected chi connectivity index (χ2v) is 5.00. The molecule has 0 spiro atoms. The smallest absolute Gasteiger partial charge is 0.161 e. The third kappa shape index (κ3) is 2.68. The van der Waals surface area contributed by atoms with Gasteiger partial charge in [-0.1, -0.05) is 0 Å². The summed E-state index contributed by atoms with van der Waals surface area (Å²) >= 11 is 0. The summed E-state index contributed by atoms with van der Waals surface area (Å²) in [5.41, 5.74) is 7.08. The van der Waals surface area contributed by atoms with E-state index in [1.54, 1.807) is 13.3 Å². The van der Waals surface area contributed by atoms with Gasteiger partial charge in [-0.25, -0.2) is 0 Å². The van der Waals surface area contributed by atoms with E-state index in [-0.39, 0.29) is 6.04 Å². The summed E-state index contributed by atoms with van der Waals surface area (Å²) in [5.74, 6) is 0.727. The van der Waals surface area contributed by atoms with Crippen molar-refractivity contribution in [1.29, 1.82) is 0 Å². The minimum absolute atomic E-state index is 0.274. The predicted molar refractivity (Wildman–Crippen MR) is 75.8 cm³/mol. The molecule has 1 aromatic rings. The van der Waals surface area contributed by atoms with E-state index in [1.165, 1.54) is 0 Å². The van der Waals surface area contributed by atoms with Gasteiger partial charge >= 0.3 is 0 Å². The Balaban J connectivity index is 2.35. The summed E-state index contributed by atoms with van der Waals surface area (Å²) in [6, 6.07) is -0.274. The first-order chi connectivity index (χ1) is 9.68. The van der Waals surface area contributed by atoms with Gasteiger partial charge in [0.25, 0.3) is 0 Å². The Labute approximate surface area is 120 Å². The highest BCUT2D eigenvalue weighted by molar-refractivity contribution is 5.30. The molecule has 1 saturated heterocycles. The lowest BCUT2D eigenvalue weighted by molar-refractivity contribution is -0.123. The SMILES string of the molecule is CCOC1(C(N)c2c(OC)cnn2CC)CCOCC1. The molecule has 0 aromatic carbocycles. The van der Waals surface area contributed by atoms with Gasteiger partial charge in [0.1, 0.15) is 0 Å². The van der Waals surface area contributed by atoms with Gasteiger partial charge in [-0.3, -0.25) is 4.68 Å². The second-order valence-electron chi connectivity index (χ2n) is 5.00. The molecule has 1 aliphatic heterocycles. The molecule has 0 bridgehead atoms. The maximum absolute atomic E-state index is 6.57. The zero-order valence-corrected chi connectivity index (χ0v) is 12.6. The van der Waals surface area contributed by atoms with E-state index in [4.69, 9.17) is 19.9 Å². The first-order valence-electron chi connectivity index (χ1n) is 7.25. The second kappa shape index (κ2) is 6.56. The van der Waals surface area contributed by atoms with Gasteiger partial charge in [-0.15, -0.1) is 0 Å². The van der Waals surface area contributed by atoms with Crippen LogP contribution in [0.25, 0.3) is 0 Å². The van der Waals surface area contributed by atoms with E-state index in [9.17, 15) is 0 Å². The molecule has 1 aromatic heterocycles. The maximum Gasteiger partial charge on any atom is 0.161 e. The number of aromatic nitrogens is 2. The van der Waals surface area contributed by atoms with Crippen molar-refractivity contribution in [2.75, 3.05) is 26.9 Å². The molecule has 0 radical (unpaired) electrons. The van der Waals surface area contributed by atoms with Crippen molar-refractivity contribution in [2.24, 2.45) is 5.73 Å². The first kappa shape index (κ1) is 15.3. The van der Waals surface area contributed by atoms with Gasteiger partial charge in [0.05, 0.1) is 30.6 Å². The number of hydrogen-bond acceptors (Lipinski definition) is 5. The Morgan fingerprint density at radius 1 is 1.45 bits per heavy atom. The summed E-state index contributed by atoms with van der Waals surface area (Å²) < 4.78 is 18.8. The highest BCUT2D eigenvalue weighted by Crippen LogP contribution is 2.39. The van der Waals surface area contributed by atoms with Crippen LogP contribution in [0.4, 0.5) is 0 Å². The van der Waals surface area contributed by atoms with Crippen LogP contribution in [0.15, 0.2) is 6.20 Å². The normalized spacial score (nSPS) is 19.8. The number of hydrogen-bond donors (Lipinski definition) is 1. The van der Waals surface area contributed by atoms with Crippen LogP contribution in [-0.4, -0.2) is 42.3 Å². The van der Waals surface area contributed by atoms with Gasteiger partial charge in [0.15, 0.2) is 5.75 Å². The molecule has 114 valence electrons. The quantitative estimate of drug-likeness (QED) is 0.856. The molecule has 6 heteroatoms. The molecule has 2 N–H and O–H groups in total. The number of nitrogens with zero attached hydrogens (tertiary/aromatic N) is 2. The fourth-order valence-corrected chi connectivity index (χ4v) is 2.90. The van der Waals surface area contributed by atoms with Crippen LogP contribution in [0.3, 0.4) is 0 Å². The maximum atomic E-state index is 6.57. The third-order valence-electron chi connectivity index (χ3n) is 4.00. The standard InChI is InChI=1S/C14H25N3O3/c1-4-17-12(11(18-3)10-16-17)13(15)14(20-5-2)6-8-19-9-7-14/h10,13H,4-9,15H2,1-3H3. The van der Waals surface area contributed by atoms with Crippen molar-refractivity contribution in [1.82, 2.24) is 9.78 Å². The van der Waals surface area contributed by atoms with Crippen LogP contribution < -0.4 is 10.5 Å². The van der Waals surface area contributed by atoms with Gasteiger partial charge in [-0.2, -0.15) is 5.10 Å². The number of methoxy groups -OCH3 is 1. The van der Waals surface area contributed by atoms with Crippen molar-refractivity contribution < 1.29 is 14.2 Å². The van der Waals surface area contributed by atoms with Crippen LogP contribution >= 0.6 is 0 Å². The molecular weight excluding hydrogens is 258 g/mol. The van der Waals surface area contributed by atoms with Gasteiger partial charge in [0.2, 0.25) is 0 Å². The number of nitrogens with two attached hydrogens (primary N) is 1. The van der Waals surface area contributed by atoms with Crippen LogP contribution in [0.5, 0.6) is 5.75 Å². The Morgan fingerprint density at radius 2 is 2.15 bits per heavy atom. The lowest BCUT2D eigenvalue weighted by Crippen LogP contribution is -2.48. The fourth-order valence-electron chi connectivity index (χ4n) is 2.90. The Kier molecular flexibility index (Phi) is 5.01. The van der Waals surface area contributed by atoms with Crippen LogP contribution in [0.2, 0.25) is 0 Å². The summed E-state index contributed by atoms with van der Waals surface area (Å²) in [6.07, 6.45) is 3.30. The summed E-state index contributed by atoms with van der Waals surface area (Å²) in [7, 11) is 1.64. The van der Waals surface area contributed by atoms with E-state index >= 15 is 0 Å². The highest BCUT2D eigenvalue weighted by atomic mass is 16.5. The van der Waals surface area contributed by atoms with Gasteiger partial charge in [-0.05, 0) is 13.8 Å². The van der Waals surface area contributed by atoms with E-state index < -0.39 is 5.60 Å². The topological polar surface area (TPSA) is 71.5 Å². The van der Waals surface area contributed by atoms with Crippen LogP contribution in [-0.2, 0) is 16.0 Å². The van der Waals surface area contributed by atoms with E-state index in [0.29, 0.717) is 19.8 Å². The van der Waals surface area contributed by atoms with Crippen molar-refractivity contribution in [3.63, 3.8) is 0 Å². The lowest BCUT2D eigenvalue weighted by atomic mass is 9.84. The zero-order valence-electron chi connectivity index (χ0n) is 12.6. The van der Waals surface area contributed by atoms with Crippen LogP contribution in [0.1, 0.15) is 38.4 Å². The minimum atomic E-state index is -0.396. The average molecular weight is 283 g/mol. The molecule has 0 amide bonds. The number of rotatable bonds is 6. The number of aryl methyl sites for hydroxylation is 1. The molecule has 6 nitrogen and oxygen atoms in total. The summed E-state index contributed by atoms with van der Waals surface area (Å²) in [5, 5.41) is 4.34. The average Bonchev–Trinajstić information content (AvgIpc) is 2.90. The summed E-state index contributed by atoms with van der Waals surface area (Å²) in [6.45, 7) is 6.78. The first-order valence-corrected chi connectivity index (χ1v) is 7.25. The third-order valence-corrected chi connectivity index (χ3v) is 4.00. The molecule has 0 saturated carbocycles. The van der Waals surface area contributed by atoms with Crippen LogP contribution in [0, 0.1) is 0 Å². The molecule has 1 aliphatic rings. The number of ether oxygens (including phenoxy) is 3. The van der Waals surface area contributed by atoms with E-state index in [1.807, 2.05) is 18.5 Å². The van der Waals surface area contributed by atoms with Crippen molar-refractivity contribution in [2.45, 2.75) is 44.9 Å². The molecule has 2 rings (SSSR count). The molecule has 1 unspecified atom stereocenters.